The fraction of sp³-hybridized carbons (Fsp3) is 0.547. The van der Waals surface area contributed by atoms with E-state index in [4.69, 9.17) is 23.7 Å². The van der Waals surface area contributed by atoms with Crippen molar-refractivity contribution in [2.24, 2.45) is 40.9 Å². The van der Waals surface area contributed by atoms with E-state index < -0.39 is 29.2 Å². The minimum absolute atomic E-state index is 0.00940. The Hall–Kier alpha value is -5.38. The van der Waals surface area contributed by atoms with E-state index in [0.717, 1.165) is 49.2 Å². The van der Waals surface area contributed by atoms with Gasteiger partial charge in [-0.25, -0.2) is 4.79 Å². The largest absolute Gasteiger partial charge is 0.465 e. The van der Waals surface area contributed by atoms with Crippen LogP contribution in [0.4, 0.5) is 0 Å². The summed E-state index contributed by atoms with van der Waals surface area (Å²) in [6, 6.07) is 14.2. The monoisotopic (exact) mass is 966 g/mol. The fourth-order valence-corrected chi connectivity index (χ4v) is 12.1. The zero-order valence-electron chi connectivity index (χ0n) is 39.3. The molecule has 3 saturated carbocycles. The molecule has 2 aromatic rings. The number of carbonyl (C=O) groups is 6. The smallest absolute Gasteiger partial charge is 0.330 e. The van der Waals surface area contributed by atoms with Crippen molar-refractivity contribution in [1.29, 1.82) is 10.5 Å². The van der Waals surface area contributed by atoms with Crippen LogP contribution in [0.5, 0.6) is 11.5 Å². The quantitative estimate of drug-likeness (QED) is 0.0322. The highest BCUT2D eigenvalue weighted by Crippen LogP contribution is 2.57. The first-order chi connectivity index (χ1) is 32.7. The Morgan fingerprint density at radius 3 is 1.84 bits per heavy atom. The average Bonchev–Trinajstić information content (AvgIpc) is 3.81. The van der Waals surface area contributed by atoms with Crippen molar-refractivity contribution in [2.75, 3.05) is 19.8 Å². The number of hydrogen-bond donors (Lipinski definition) is 0. The van der Waals surface area contributed by atoms with Crippen LogP contribution < -0.4 is 9.47 Å². The van der Waals surface area contributed by atoms with E-state index in [2.05, 4.69) is 13.5 Å². The van der Waals surface area contributed by atoms with Crippen molar-refractivity contribution in [3.63, 3.8) is 0 Å². The van der Waals surface area contributed by atoms with E-state index in [-0.39, 0.29) is 67.8 Å². The lowest BCUT2D eigenvalue weighted by atomic mass is 9.69. The summed E-state index contributed by atoms with van der Waals surface area (Å²) in [5.41, 5.74) is 0.625. The van der Waals surface area contributed by atoms with E-state index >= 15 is 0 Å². The van der Waals surface area contributed by atoms with E-state index in [1.165, 1.54) is 55.6 Å². The summed E-state index contributed by atoms with van der Waals surface area (Å²) in [5.74, 6) is -0.385. The molecule has 0 unspecified atom stereocenters. The van der Waals surface area contributed by atoms with Gasteiger partial charge in [-0.2, -0.15) is 10.5 Å². The number of carbonyl (C=O) groups excluding carboxylic acids is 6. The number of nitriles is 2. The Morgan fingerprint density at radius 1 is 0.691 bits per heavy atom. The molecule has 0 aromatic heterocycles. The predicted molar refractivity (Wildman–Crippen MR) is 255 cm³/mol. The zero-order chi connectivity index (χ0) is 48.8. The average molecular weight is 967 g/mol. The van der Waals surface area contributed by atoms with Gasteiger partial charge in [-0.1, -0.05) is 82.3 Å². The standard InChI is InChI=1S/C53H62N2O11S2/c1-5-33-7-11-35(12-8-33)36-13-17-39(18-14-36)51(61)66-43-24-23-42(48-49(43)68-52(67-48)40(29-54)30-55)47(59)37-15-19-38(20-16-37)50(60)65-41-21-9-34(10-22-41)27-28-62-45(57)25-26-46(58)64-32-53(3,4)31-63-44(56)6-2/h6,9-10,21-24,33,35-39H,2,5,7-8,11-20,25-28,31-32H2,1,3-4H3. The lowest BCUT2D eigenvalue weighted by Crippen LogP contribution is -2.30. The normalized spacial score (nSPS) is 22.3. The second kappa shape index (κ2) is 24.8. The molecule has 0 radical (unpaired) electrons. The van der Waals surface area contributed by atoms with Gasteiger partial charge in [0.25, 0.3) is 0 Å². The molecule has 6 rings (SSSR count). The van der Waals surface area contributed by atoms with Crippen molar-refractivity contribution >= 4 is 59.2 Å². The summed E-state index contributed by atoms with van der Waals surface area (Å²) < 4.78 is 27.8. The minimum Gasteiger partial charge on any atom is -0.465 e. The summed E-state index contributed by atoms with van der Waals surface area (Å²) in [5, 5.41) is 19.4. The molecule has 2 aromatic carbocycles. The molecule has 0 spiro atoms. The third-order valence-corrected chi connectivity index (χ3v) is 16.4. The van der Waals surface area contributed by atoms with Gasteiger partial charge in [0.15, 0.2) is 5.78 Å². The Balaban J connectivity index is 0.944. The topological polar surface area (TPSA) is 196 Å². The van der Waals surface area contributed by atoms with Crippen LogP contribution in [0.2, 0.25) is 0 Å². The van der Waals surface area contributed by atoms with Crippen LogP contribution in [-0.4, -0.2) is 55.5 Å². The molecular formula is C53H62N2O11S2. The van der Waals surface area contributed by atoms with Gasteiger partial charge in [-0.05, 0) is 112 Å². The molecule has 4 aliphatic rings. The number of nitrogens with zero attached hydrogens (tertiary/aromatic N) is 2. The first-order valence-corrected chi connectivity index (χ1v) is 25.6. The summed E-state index contributed by atoms with van der Waals surface area (Å²) in [6.45, 7) is 9.32. The number of allylic oxidation sites excluding steroid dienone is 1. The Kier molecular flexibility index (Phi) is 18.9. The van der Waals surface area contributed by atoms with Crippen molar-refractivity contribution in [2.45, 2.75) is 133 Å². The zero-order valence-corrected chi connectivity index (χ0v) is 41.0. The summed E-state index contributed by atoms with van der Waals surface area (Å²) >= 11 is 2.38. The molecule has 1 aliphatic heterocycles. The lowest BCUT2D eigenvalue weighted by Gasteiger charge is -2.37. The van der Waals surface area contributed by atoms with Crippen LogP contribution in [0, 0.1) is 63.6 Å². The van der Waals surface area contributed by atoms with Crippen LogP contribution in [0.15, 0.2) is 68.7 Å². The third-order valence-electron chi connectivity index (χ3n) is 13.8. The molecule has 0 N–H and O–H groups in total. The van der Waals surface area contributed by atoms with Crippen molar-refractivity contribution in [1.82, 2.24) is 0 Å². The lowest BCUT2D eigenvalue weighted by molar-refractivity contribution is -0.154. The first-order valence-electron chi connectivity index (χ1n) is 23.9. The van der Waals surface area contributed by atoms with Crippen LogP contribution >= 0.6 is 23.5 Å². The maximum absolute atomic E-state index is 14.2. The van der Waals surface area contributed by atoms with Gasteiger partial charge in [0.05, 0.1) is 53.6 Å². The number of esters is 5. The van der Waals surface area contributed by atoms with E-state index in [1.807, 2.05) is 12.1 Å². The molecule has 1 heterocycles. The molecule has 0 bridgehead atoms. The van der Waals surface area contributed by atoms with E-state index in [0.29, 0.717) is 69.1 Å². The summed E-state index contributed by atoms with van der Waals surface area (Å²) in [6.07, 6.45) is 13.1. The van der Waals surface area contributed by atoms with Crippen molar-refractivity contribution in [3.05, 3.63) is 70.0 Å². The molecule has 0 amide bonds. The maximum Gasteiger partial charge on any atom is 0.330 e. The second-order valence-corrected chi connectivity index (χ2v) is 21.5. The summed E-state index contributed by atoms with van der Waals surface area (Å²) in [4.78, 5) is 77.8. The molecule has 362 valence electrons. The number of fused-ring (bicyclic) bond motifs is 1. The van der Waals surface area contributed by atoms with Crippen molar-refractivity contribution in [3.8, 4) is 23.6 Å². The van der Waals surface area contributed by atoms with Crippen LogP contribution in [0.25, 0.3) is 0 Å². The molecule has 68 heavy (non-hydrogen) atoms. The Morgan fingerprint density at radius 2 is 1.24 bits per heavy atom. The van der Waals surface area contributed by atoms with Crippen molar-refractivity contribution < 1.29 is 52.5 Å². The number of benzene rings is 2. The van der Waals surface area contributed by atoms with E-state index in [1.54, 1.807) is 50.2 Å². The highest BCUT2D eigenvalue weighted by molar-refractivity contribution is 8.24. The molecule has 3 fully saturated rings. The SMILES string of the molecule is C=CC(=O)OCC(C)(C)COC(=O)CCC(=O)OCCc1ccc(OC(=O)C2CCC(C(=O)c3ccc(OC(=O)C4CCC(C5CCC(CC)CC5)CC4)c4c3SC(=C(C#N)C#N)S4)CC2)cc1. The molecule has 0 saturated heterocycles. The number of hydrogen-bond acceptors (Lipinski definition) is 15. The highest BCUT2D eigenvalue weighted by atomic mass is 32.2. The maximum atomic E-state index is 14.2. The van der Waals surface area contributed by atoms with Gasteiger partial charge in [-0.15, -0.1) is 0 Å². The molecule has 15 heteroatoms. The van der Waals surface area contributed by atoms with Crippen LogP contribution in [0.3, 0.4) is 0 Å². The second-order valence-electron chi connectivity index (χ2n) is 19.2. The number of ketones is 1. The van der Waals surface area contributed by atoms with Gasteiger partial charge in [-0.3, -0.25) is 24.0 Å². The van der Waals surface area contributed by atoms with Gasteiger partial charge in [0.1, 0.15) is 29.2 Å². The number of rotatable bonds is 19. The van der Waals surface area contributed by atoms with Gasteiger partial charge < -0.3 is 23.7 Å². The van der Waals surface area contributed by atoms with Gasteiger partial charge in [0.2, 0.25) is 0 Å². The number of ether oxygens (including phenoxy) is 5. The number of Topliss-reactive ketones (excluding diaryl/α,β-unsaturated/α-hetero) is 1. The number of thioether (sulfide) groups is 2. The molecule has 0 atom stereocenters. The Bertz CT molecular complexity index is 2290. The Labute approximate surface area is 408 Å². The summed E-state index contributed by atoms with van der Waals surface area (Å²) in [7, 11) is 0. The van der Waals surface area contributed by atoms with Gasteiger partial charge in [0, 0.05) is 34.3 Å². The fourth-order valence-electron chi connectivity index (χ4n) is 9.54. The van der Waals surface area contributed by atoms with Crippen LogP contribution in [0.1, 0.15) is 133 Å². The molecule has 13 nitrogen and oxygen atoms in total. The minimum atomic E-state index is -0.608. The van der Waals surface area contributed by atoms with E-state index in [9.17, 15) is 39.3 Å². The first kappa shape index (κ1) is 52.0. The highest BCUT2D eigenvalue weighted by Gasteiger charge is 2.38. The third kappa shape index (κ3) is 14.3. The predicted octanol–water partition coefficient (Wildman–Crippen LogP) is 10.8. The van der Waals surface area contributed by atoms with Crippen LogP contribution in [-0.2, 0) is 44.6 Å². The molecule has 3 aliphatic carbocycles. The molecular weight excluding hydrogens is 905 g/mol. The van der Waals surface area contributed by atoms with Gasteiger partial charge >= 0.3 is 29.8 Å².